The van der Waals surface area contributed by atoms with Crippen molar-refractivity contribution in [2.24, 2.45) is 38.9 Å². The first-order valence-corrected chi connectivity index (χ1v) is 20.7. The molecule has 2 atom stereocenters. The van der Waals surface area contributed by atoms with Crippen LogP contribution in [-0.4, -0.2) is 67.4 Å². The average molecular weight is 753 g/mol. The van der Waals surface area contributed by atoms with Gasteiger partial charge in [-0.05, 0) is 139 Å². The lowest BCUT2D eigenvalue weighted by Gasteiger charge is -2.62. The third-order valence-corrected chi connectivity index (χ3v) is 13.2. The Labute approximate surface area is 326 Å². The normalized spacial score (nSPS) is 27.0. The molecule has 2 saturated carbocycles. The van der Waals surface area contributed by atoms with Crippen LogP contribution in [0.15, 0.2) is 10.2 Å². The lowest BCUT2D eigenvalue weighted by molar-refractivity contribution is -0.328. The highest BCUT2D eigenvalue weighted by molar-refractivity contribution is 5.82. The van der Waals surface area contributed by atoms with Crippen molar-refractivity contribution in [3.8, 4) is 12.1 Å². The van der Waals surface area contributed by atoms with Gasteiger partial charge in [0.2, 0.25) is 11.8 Å². The van der Waals surface area contributed by atoms with Crippen LogP contribution in [0.4, 0.5) is 0 Å². The van der Waals surface area contributed by atoms with Gasteiger partial charge in [-0.25, -0.2) is 0 Å². The highest BCUT2D eigenvalue weighted by atomic mass is 16.7. The second-order valence-electron chi connectivity index (χ2n) is 20.3. The van der Waals surface area contributed by atoms with E-state index in [4.69, 9.17) is 21.1 Å². The zero-order valence-corrected chi connectivity index (χ0v) is 35.3. The molecule has 4 aliphatic rings. The summed E-state index contributed by atoms with van der Waals surface area (Å²) in [5, 5.41) is 34.4. The molecule has 4 fully saturated rings. The number of hydrogen-bond donors (Lipinski definition) is 2. The molecule has 12 heteroatoms. The largest absolute Gasteiger partial charge is 0.370 e. The number of hydroxylamine groups is 4. The molecule has 2 amide bonds. The molecule has 2 heterocycles. The Hall–Kier alpha value is -2.64. The van der Waals surface area contributed by atoms with Gasteiger partial charge in [0, 0.05) is 35.0 Å². The van der Waals surface area contributed by atoms with E-state index in [1.54, 1.807) is 13.8 Å². The quantitative estimate of drug-likeness (QED) is 0.166. The van der Waals surface area contributed by atoms with Crippen LogP contribution in [0.5, 0.6) is 0 Å². The third-order valence-electron chi connectivity index (χ3n) is 13.2. The van der Waals surface area contributed by atoms with Crippen molar-refractivity contribution in [1.82, 2.24) is 10.1 Å². The summed E-state index contributed by atoms with van der Waals surface area (Å²) < 4.78 is 0. The number of amides is 2. The summed E-state index contributed by atoms with van der Waals surface area (Å²) in [6.45, 7) is 20.9. The van der Waals surface area contributed by atoms with Gasteiger partial charge in [0.1, 0.15) is 0 Å². The molecule has 304 valence electrons. The van der Waals surface area contributed by atoms with Crippen molar-refractivity contribution in [1.29, 1.82) is 10.5 Å². The van der Waals surface area contributed by atoms with E-state index in [2.05, 4.69) is 87.9 Å². The Morgan fingerprint density at radius 1 is 0.667 bits per heavy atom. The third kappa shape index (κ3) is 9.83. The first-order chi connectivity index (χ1) is 24.9. The van der Waals surface area contributed by atoms with E-state index < -0.39 is 50.5 Å². The Kier molecular flexibility index (Phi) is 13.4. The van der Waals surface area contributed by atoms with Crippen molar-refractivity contribution in [3.63, 3.8) is 0 Å². The van der Waals surface area contributed by atoms with Crippen LogP contribution in [0.2, 0.25) is 0 Å². The molecule has 0 bridgehead atoms. The monoisotopic (exact) mass is 753 g/mol. The molecule has 0 aromatic carbocycles. The van der Waals surface area contributed by atoms with E-state index in [9.17, 15) is 20.1 Å². The van der Waals surface area contributed by atoms with Gasteiger partial charge in [-0.3, -0.25) is 19.3 Å². The number of carbonyl (C=O) groups is 2. The molecule has 0 radical (unpaired) electrons. The van der Waals surface area contributed by atoms with Crippen molar-refractivity contribution in [3.05, 3.63) is 0 Å². The number of azo groups is 1. The summed E-state index contributed by atoms with van der Waals surface area (Å²) in [6, 6.07) is 4.55. The summed E-state index contributed by atoms with van der Waals surface area (Å²) in [7, 11) is 0. The predicted octanol–water partition coefficient (Wildman–Crippen LogP) is 8.20. The van der Waals surface area contributed by atoms with Gasteiger partial charge in [-0.2, -0.15) is 30.9 Å². The van der Waals surface area contributed by atoms with Gasteiger partial charge in [-0.15, -0.1) is 0 Å². The molecule has 0 aromatic rings. The van der Waals surface area contributed by atoms with Crippen LogP contribution in [-0.2, 0) is 19.3 Å². The van der Waals surface area contributed by atoms with E-state index >= 15 is 0 Å². The molecule has 2 unspecified atom stereocenters. The van der Waals surface area contributed by atoms with Gasteiger partial charge in [0.05, 0.1) is 29.8 Å². The minimum atomic E-state index is -1.51. The van der Waals surface area contributed by atoms with Gasteiger partial charge in [-0.1, -0.05) is 38.5 Å². The van der Waals surface area contributed by atoms with Crippen molar-refractivity contribution < 1.29 is 19.3 Å². The standard InChI is InChI=1S/C42H72N8O4/c1-36(2)23-30(24-37(3,4)49(36)53-32-17-13-11-14-18-32)42(35(46)52,27-41(10,29-44)48-47-40(9,28-43)22-21-34(45)51)31-25-38(5,6)50(39(7,8)26-31)54-33-19-15-12-16-20-33/h30-33H,11-27H2,1-10H3,(H2,45,51)(H2,46,52)/b48-47+. The van der Waals surface area contributed by atoms with Crippen LogP contribution in [0.3, 0.4) is 0 Å². The van der Waals surface area contributed by atoms with Gasteiger partial charge in [0.15, 0.2) is 11.1 Å². The second kappa shape index (κ2) is 16.5. The minimum absolute atomic E-state index is 0.0350. The molecule has 2 aliphatic heterocycles. The molecule has 2 aliphatic carbocycles. The maximum atomic E-state index is 14.7. The van der Waals surface area contributed by atoms with E-state index in [1.807, 2.05) is 0 Å². The topological polar surface area (TPSA) is 183 Å². The smallest absolute Gasteiger partial charge is 0.224 e. The zero-order valence-electron chi connectivity index (χ0n) is 35.3. The molecule has 4 N–H and O–H groups in total. The van der Waals surface area contributed by atoms with Gasteiger partial charge >= 0.3 is 0 Å². The molecule has 54 heavy (non-hydrogen) atoms. The van der Waals surface area contributed by atoms with E-state index in [1.165, 1.54) is 12.8 Å². The number of rotatable bonds is 14. The fourth-order valence-corrected chi connectivity index (χ4v) is 11.0. The van der Waals surface area contributed by atoms with Crippen molar-refractivity contribution >= 4 is 11.8 Å². The Balaban J connectivity index is 1.82. The van der Waals surface area contributed by atoms with Crippen molar-refractivity contribution in [2.75, 3.05) is 0 Å². The molecular formula is C42H72N8O4. The van der Waals surface area contributed by atoms with E-state index in [0.29, 0.717) is 25.7 Å². The minimum Gasteiger partial charge on any atom is -0.370 e. The Morgan fingerprint density at radius 3 is 1.33 bits per heavy atom. The number of nitrogens with zero attached hydrogens (tertiary/aromatic N) is 6. The highest BCUT2D eigenvalue weighted by Gasteiger charge is 2.63. The summed E-state index contributed by atoms with van der Waals surface area (Å²) in [5.41, 5.74) is 6.30. The molecule has 0 aromatic heterocycles. The second-order valence-corrected chi connectivity index (χ2v) is 20.3. The van der Waals surface area contributed by atoms with Crippen LogP contribution in [0.25, 0.3) is 0 Å². The summed E-state index contributed by atoms with van der Waals surface area (Å²) in [6.07, 6.45) is 14.1. The Morgan fingerprint density at radius 2 is 1.02 bits per heavy atom. The Bertz CT molecular complexity index is 1350. The molecule has 2 saturated heterocycles. The number of hydrogen-bond acceptors (Lipinski definition) is 10. The maximum absolute atomic E-state index is 14.7. The molecule has 0 spiro atoms. The zero-order chi connectivity index (χ0) is 40.4. The van der Waals surface area contributed by atoms with E-state index in [-0.39, 0.29) is 43.3 Å². The van der Waals surface area contributed by atoms with Crippen LogP contribution in [0, 0.1) is 39.9 Å². The van der Waals surface area contributed by atoms with Crippen LogP contribution < -0.4 is 11.5 Å². The average Bonchev–Trinajstić information content (AvgIpc) is 3.08. The molecule has 12 nitrogen and oxygen atoms in total. The predicted molar refractivity (Wildman–Crippen MR) is 209 cm³/mol. The number of nitrogens with two attached hydrogens (primary N) is 2. The maximum Gasteiger partial charge on any atom is 0.224 e. The summed E-state index contributed by atoms with van der Waals surface area (Å²) in [4.78, 5) is 40.1. The van der Waals surface area contributed by atoms with Gasteiger partial charge in [0.25, 0.3) is 0 Å². The van der Waals surface area contributed by atoms with Crippen molar-refractivity contribution in [2.45, 2.75) is 224 Å². The summed E-state index contributed by atoms with van der Waals surface area (Å²) >= 11 is 0. The van der Waals surface area contributed by atoms with Crippen LogP contribution >= 0.6 is 0 Å². The fraction of sp³-hybridized carbons (Fsp3) is 0.905. The number of carbonyl (C=O) groups excluding carboxylic acids is 2. The lowest BCUT2D eigenvalue weighted by Crippen LogP contribution is -2.68. The lowest BCUT2D eigenvalue weighted by atomic mass is 9.51. The first-order valence-electron chi connectivity index (χ1n) is 20.7. The number of nitriles is 2. The number of primary amides is 2. The highest BCUT2D eigenvalue weighted by Crippen LogP contribution is 2.60. The van der Waals surface area contributed by atoms with Crippen LogP contribution in [0.1, 0.15) is 178 Å². The summed E-state index contributed by atoms with van der Waals surface area (Å²) in [5.74, 6) is -1.44. The molecular weight excluding hydrogens is 681 g/mol. The van der Waals surface area contributed by atoms with E-state index in [0.717, 1.165) is 51.4 Å². The fourth-order valence-electron chi connectivity index (χ4n) is 11.0. The van der Waals surface area contributed by atoms with Gasteiger partial charge < -0.3 is 11.5 Å². The number of piperidine rings is 2. The molecule has 4 rings (SSSR count). The first kappa shape index (κ1) is 44.1. The SMILES string of the molecule is CC(C#N)(CCC(N)=O)/N=N/C(C)(C#N)CC(C(N)=O)(C1CC(C)(C)N(OC2CCCCC2)C(C)(C)C1)C1CC(C)(C)N(OC2CCCCC2)C(C)(C)C1.